The third-order valence-electron chi connectivity index (χ3n) is 7.15. The number of anilines is 1. The lowest BCUT2D eigenvalue weighted by atomic mass is 10.0. The summed E-state index contributed by atoms with van der Waals surface area (Å²) < 4.78 is 5.54. The molecule has 0 unspecified atom stereocenters. The van der Waals surface area contributed by atoms with Crippen LogP contribution in [0.15, 0.2) is 40.9 Å². The molecule has 1 N–H and O–H groups in total. The van der Waals surface area contributed by atoms with E-state index in [0.717, 1.165) is 64.3 Å². The van der Waals surface area contributed by atoms with Crippen LogP contribution in [-0.2, 0) is 13.0 Å². The van der Waals surface area contributed by atoms with Crippen molar-refractivity contribution in [2.24, 2.45) is 0 Å². The lowest BCUT2D eigenvalue weighted by molar-refractivity contribution is 0.0774. The van der Waals surface area contributed by atoms with Gasteiger partial charge in [0, 0.05) is 31.1 Å². The van der Waals surface area contributed by atoms with E-state index >= 15 is 0 Å². The number of amides is 1. The van der Waals surface area contributed by atoms with Gasteiger partial charge in [0.1, 0.15) is 0 Å². The molecule has 8 heteroatoms. The SMILES string of the molecule is CCc1noc(CN(C)C(=O)c2cc(-c3ccc(NC4CN(C)C4)c(C)n3)nc3ccc(C)cc23)c1C. The Morgan fingerprint density at radius 2 is 1.89 bits per heavy atom. The molecule has 0 bridgehead atoms. The fourth-order valence-electron chi connectivity index (χ4n) is 4.89. The van der Waals surface area contributed by atoms with Gasteiger partial charge < -0.3 is 19.6 Å². The summed E-state index contributed by atoms with van der Waals surface area (Å²) >= 11 is 0. The van der Waals surface area contributed by atoms with Crippen molar-refractivity contribution in [3.63, 3.8) is 0 Å². The van der Waals surface area contributed by atoms with Gasteiger partial charge >= 0.3 is 0 Å². The monoisotopic (exact) mass is 498 g/mol. The topological polar surface area (TPSA) is 87.4 Å². The summed E-state index contributed by atoms with van der Waals surface area (Å²) in [6.45, 7) is 10.5. The van der Waals surface area contributed by atoms with Crippen molar-refractivity contribution in [2.45, 2.75) is 46.7 Å². The molecule has 1 saturated heterocycles. The molecule has 0 aliphatic carbocycles. The van der Waals surface area contributed by atoms with Gasteiger partial charge in [-0.3, -0.25) is 4.79 Å². The number of nitrogens with zero attached hydrogens (tertiary/aromatic N) is 5. The molecule has 8 nitrogen and oxygen atoms in total. The van der Waals surface area contributed by atoms with Gasteiger partial charge in [0.2, 0.25) is 0 Å². The Morgan fingerprint density at radius 1 is 1.11 bits per heavy atom. The molecule has 4 heterocycles. The zero-order chi connectivity index (χ0) is 26.3. The van der Waals surface area contributed by atoms with Crippen LogP contribution < -0.4 is 5.32 Å². The number of benzene rings is 1. The first-order valence-electron chi connectivity index (χ1n) is 12.8. The lowest BCUT2D eigenvalue weighted by Gasteiger charge is -2.37. The minimum Gasteiger partial charge on any atom is -0.378 e. The standard InChI is InChI=1S/C29H34N6O2/c1-7-23-18(3)28(37-33-23)16-35(6)29(36)22-13-27(32-25-9-8-17(2)12-21(22)25)26-11-10-24(19(4)30-26)31-20-14-34(5)15-20/h8-13,20,31H,7,14-16H2,1-6H3. The molecule has 4 aromatic rings. The van der Waals surface area contributed by atoms with Crippen LogP contribution in [0.1, 0.15) is 45.6 Å². The van der Waals surface area contributed by atoms with Gasteiger partial charge in [0.25, 0.3) is 5.91 Å². The van der Waals surface area contributed by atoms with E-state index in [0.29, 0.717) is 29.6 Å². The van der Waals surface area contributed by atoms with Crippen molar-refractivity contribution in [2.75, 3.05) is 32.5 Å². The van der Waals surface area contributed by atoms with Crippen LogP contribution in [0.4, 0.5) is 5.69 Å². The maximum absolute atomic E-state index is 13.8. The van der Waals surface area contributed by atoms with Crippen molar-refractivity contribution in [1.29, 1.82) is 0 Å². The zero-order valence-corrected chi connectivity index (χ0v) is 22.4. The summed E-state index contributed by atoms with van der Waals surface area (Å²) in [5.74, 6) is 0.609. The third-order valence-corrected chi connectivity index (χ3v) is 7.15. The normalized spacial score (nSPS) is 14.1. The van der Waals surface area contributed by atoms with E-state index in [1.807, 2.05) is 58.0 Å². The molecule has 192 valence electrons. The maximum Gasteiger partial charge on any atom is 0.254 e. The highest BCUT2D eigenvalue weighted by Crippen LogP contribution is 2.28. The molecule has 0 saturated carbocycles. The highest BCUT2D eigenvalue weighted by Gasteiger charge is 2.24. The number of hydrogen-bond acceptors (Lipinski definition) is 7. The van der Waals surface area contributed by atoms with Crippen LogP contribution in [0.5, 0.6) is 0 Å². The fourth-order valence-corrected chi connectivity index (χ4v) is 4.89. The lowest BCUT2D eigenvalue weighted by Crippen LogP contribution is -2.52. The van der Waals surface area contributed by atoms with E-state index < -0.39 is 0 Å². The number of likely N-dealkylation sites (tertiary alicyclic amines) is 1. The number of carbonyl (C=O) groups excluding carboxylic acids is 1. The van der Waals surface area contributed by atoms with Crippen molar-refractivity contribution in [1.82, 2.24) is 24.9 Å². The molecular weight excluding hydrogens is 464 g/mol. The maximum atomic E-state index is 13.8. The predicted octanol–water partition coefficient (Wildman–Crippen LogP) is 4.77. The van der Waals surface area contributed by atoms with Gasteiger partial charge in [-0.1, -0.05) is 23.7 Å². The summed E-state index contributed by atoms with van der Waals surface area (Å²) in [4.78, 5) is 27.4. The molecule has 1 amide bonds. The number of likely N-dealkylation sites (N-methyl/N-ethyl adjacent to an activating group) is 1. The van der Waals surface area contributed by atoms with Crippen molar-refractivity contribution in [3.8, 4) is 11.4 Å². The molecule has 1 aliphatic rings. The van der Waals surface area contributed by atoms with E-state index in [4.69, 9.17) is 14.5 Å². The number of pyridine rings is 2. The summed E-state index contributed by atoms with van der Waals surface area (Å²) in [6, 6.07) is 12.3. The number of rotatable bonds is 7. The Hall–Kier alpha value is -3.78. The molecular formula is C29H34N6O2. The summed E-state index contributed by atoms with van der Waals surface area (Å²) in [6.07, 6.45) is 0.795. The summed E-state index contributed by atoms with van der Waals surface area (Å²) in [7, 11) is 3.91. The number of aryl methyl sites for hydroxylation is 3. The Morgan fingerprint density at radius 3 is 2.57 bits per heavy atom. The van der Waals surface area contributed by atoms with E-state index in [-0.39, 0.29) is 5.91 Å². The Bertz CT molecular complexity index is 1470. The highest BCUT2D eigenvalue weighted by molar-refractivity contribution is 6.07. The molecule has 3 aromatic heterocycles. The first kappa shape index (κ1) is 24.9. The Balaban J connectivity index is 1.48. The smallest absolute Gasteiger partial charge is 0.254 e. The minimum absolute atomic E-state index is 0.0998. The summed E-state index contributed by atoms with van der Waals surface area (Å²) in [5, 5.41) is 8.54. The second-order valence-electron chi connectivity index (χ2n) is 10.2. The van der Waals surface area contributed by atoms with Gasteiger partial charge in [-0.2, -0.15) is 0 Å². The van der Waals surface area contributed by atoms with Crippen LogP contribution in [0.2, 0.25) is 0 Å². The van der Waals surface area contributed by atoms with E-state index in [9.17, 15) is 4.79 Å². The molecule has 1 fully saturated rings. The second kappa shape index (κ2) is 9.94. The fraction of sp³-hybridized carbons (Fsp3) is 0.379. The molecule has 1 aromatic carbocycles. The van der Waals surface area contributed by atoms with Gasteiger partial charge in [-0.05, 0) is 64.6 Å². The Labute approximate surface area is 217 Å². The van der Waals surface area contributed by atoms with Crippen LogP contribution in [0, 0.1) is 20.8 Å². The minimum atomic E-state index is -0.0998. The zero-order valence-electron chi connectivity index (χ0n) is 22.4. The van der Waals surface area contributed by atoms with E-state index in [1.165, 1.54) is 0 Å². The number of fused-ring (bicyclic) bond motifs is 1. The number of aromatic nitrogens is 3. The summed E-state index contributed by atoms with van der Waals surface area (Å²) in [5.41, 5.74) is 7.72. The van der Waals surface area contributed by atoms with Crippen molar-refractivity contribution >= 4 is 22.5 Å². The van der Waals surface area contributed by atoms with Crippen LogP contribution >= 0.6 is 0 Å². The molecule has 0 spiro atoms. The second-order valence-corrected chi connectivity index (χ2v) is 10.2. The van der Waals surface area contributed by atoms with Gasteiger partial charge in [0.15, 0.2) is 5.76 Å². The van der Waals surface area contributed by atoms with E-state index in [2.05, 4.69) is 28.5 Å². The van der Waals surface area contributed by atoms with Crippen LogP contribution in [0.3, 0.4) is 0 Å². The molecule has 1 aliphatic heterocycles. The number of carbonyl (C=O) groups is 1. The van der Waals surface area contributed by atoms with Crippen LogP contribution in [0.25, 0.3) is 22.3 Å². The number of hydrogen-bond donors (Lipinski definition) is 1. The van der Waals surface area contributed by atoms with Crippen molar-refractivity contribution < 1.29 is 9.32 Å². The average molecular weight is 499 g/mol. The predicted molar refractivity (Wildman–Crippen MR) is 146 cm³/mol. The van der Waals surface area contributed by atoms with Gasteiger partial charge in [-0.25, -0.2) is 9.97 Å². The average Bonchev–Trinajstić information content (AvgIpc) is 3.21. The van der Waals surface area contributed by atoms with Gasteiger partial charge in [0.05, 0.1) is 52.1 Å². The highest BCUT2D eigenvalue weighted by atomic mass is 16.5. The largest absolute Gasteiger partial charge is 0.378 e. The molecule has 5 rings (SSSR count). The Kier molecular flexibility index (Phi) is 6.69. The third kappa shape index (κ3) is 4.93. The molecule has 0 radical (unpaired) electrons. The first-order valence-corrected chi connectivity index (χ1v) is 12.8. The molecule has 0 atom stereocenters. The van der Waals surface area contributed by atoms with Crippen LogP contribution in [-0.4, -0.2) is 64.1 Å². The van der Waals surface area contributed by atoms with E-state index in [1.54, 1.807) is 11.9 Å². The number of nitrogens with one attached hydrogen (secondary N) is 1. The quantitative estimate of drug-likeness (QED) is 0.393. The molecule has 37 heavy (non-hydrogen) atoms. The van der Waals surface area contributed by atoms with Crippen molar-refractivity contribution in [3.05, 3.63) is 70.2 Å². The first-order chi connectivity index (χ1) is 17.7. The van der Waals surface area contributed by atoms with Gasteiger partial charge in [-0.15, -0.1) is 0 Å².